The van der Waals surface area contributed by atoms with Gasteiger partial charge in [-0.15, -0.1) is 0 Å². The van der Waals surface area contributed by atoms with Crippen molar-refractivity contribution in [1.82, 2.24) is 5.32 Å². The number of hydrogen-bond donors (Lipinski definition) is 1. The van der Waals surface area contributed by atoms with Gasteiger partial charge in [0.05, 0.1) is 0 Å². The first-order chi connectivity index (χ1) is 8.58. The maximum Gasteiger partial charge on any atom is 0.223 e. The van der Waals surface area contributed by atoms with Crippen LogP contribution in [0.25, 0.3) is 0 Å². The topological polar surface area (TPSA) is 46.2 Å². The van der Waals surface area contributed by atoms with Crippen molar-refractivity contribution in [1.29, 1.82) is 0 Å². The molecular weight excluding hydrogens is 226 g/mol. The summed E-state index contributed by atoms with van der Waals surface area (Å²) in [5, 5.41) is 3.04. The van der Waals surface area contributed by atoms with Crippen LogP contribution in [0.4, 0.5) is 0 Å². The van der Waals surface area contributed by atoms with Crippen LogP contribution in [-0.2, 0) is 9.59 Å². The van der Waals surface area contributed by atoms with Crippen molar-refractivity contribution in [3.63, 3.8) is 0 Å². The summed E-state index contributed by atoms with van der Waals surface area (Å²) in [6.07, 6.45) is 5.80. The molecule has 2 unspecified atom stereocenters. The first kappa shape index (κ1) is 13.6. The van der Waals surface area contributed by atoms with Gasteiger partial charge >= 0.3 is 0 Å². The maximum atomic E-state index is 12.1. The quantitative estimate of drug-likeness (QED) is 0.834. The van der Waals surface area contributed by atoms with Crippen molar-refractivity contribution >= 4 is 11.7 Å². The largest absolute Gasteiger partial charge is 0.356 e. The van der Waals surface area contributed by atoms with Crippen molar-refractivity contribution in [2.24, 2.45) is 23.7 Å². The van der Waals surface area contributed by atoms with E-state index in [0.29, 0.717) is 11.7 Å². The first-order valence-electron chi connectivity index (χ1n) is 7.39. The van der Waals surface area contributed by atoms with Gasteiger partial charge in [0, 0.05) is 24.3 Å². The second-order valence-electron chi connectivity index (χ2n) is 6.37. The molecule has 2 fully saturated rings. The molecule has 0 saturated heterocycles. The number of carbonyl (C=O) groups excluding carboxylic acids is 2. The molecule has 1 amide bonds. The number of ketones is 1. The molecule has 102 valence electrons. The van der Waals surface area contributed by atoms with Gasteiger partial charge < -0.3 is 5.32 Å². The Balaban J connectivity index is 1.83. The molecule has 2 atom stereocenters. The normalized spacial score (nSPS) is 31.5. The minimum atomic E-state index is 0.0881. The fourth-order valence-electron chi connectivity index (χ4n) is 3.32. The van der Waals surface area contributed by atoms with Gasteiger partial charge in [-0.2, -0.15) is 0 Å². The van der Waals surface area contributed by atoms with Crippen molar-refractivity contribution in [3.05, 3.63) is 0 Å². The zero-order valence-electron chi connectivity index (χ0n) is 11.6. The number of amides is 1. The first-order valence-corrected chi connectivity index (χ1v) is 7.39. The Kier molecular flexibility index (Phi) is 4.41. The third kappa shape index (κ3) is 3.12. The van der Waals surface area contributed by atoms with Crippen LogP contribution in [0.1, 0.15) is 52.4 Å². The van der Waals surface area contributed by atoms with Gasteiger partial charge in [-0.25, -0.2) is 0 Å². The average molecular weight is 251 g/mol. The van der Waals surface area contributed by atoms with E-state index in [1.807, 2.05) is 0 Å². The van der Waals surface area contributed by atoms with Crippen molar-refractivity contribution in [2.75, 3.05) is 6.54 Å². The molecule has 0 spiro atoms. The lowest BCUT2D eigenvalue weighted by atomic mass is 9.67. The molecule has 2 rings (SSSR count). The van der Waals surface area contributed by atoms with E-state index in [-0.39, 0.29) is 23.7 Å². The molecule has 1 N–H and O–H groups in total. The van der Waals surface area contributed by atoms with E-state index < -0.39 is 0 Å². The molecular formula is C15H25NO2. The van der Waals surface area contributed by atoms with E-state index in [1.165, 1.54) is 6.42 Å². The summed E-state index contributed by atoms with van der Waals surface area (Å²) in [6.45, 7) is 5.10. The van der Waals surface area contributed by atoms with Gasteiger partial charge in [0.2, 0.25) is 5.91 Å². The zero-order chi connectivity index (χ0) is 13.1. The Hall–Kier alpha value is -0.860. The van der Waals surface area contributed by atoms with Gasteiger partial charge in [-0.05, 0) is 38.0 Å². The molecule has 0 aromatic heterocycles. The molecule has 2 bridgehead atoms. The molecule has 2 aliphatic rings. The average Bonchev–Trinajstić information content (AvgIpc) is 2.27. The van der Waals surface area contributed by atoms with E-state index in [9.17, 15) is 9.59 Å². The highest BCUT2D eigenvalue weighted by Crippen LogP contribution is 2.40. The highest BCUT2D eigenvalue weighted by atomic mass is 16.2. The lowest BCUT2D eigenvalue weighted by molar-refractivity contribution is -0.137. The Morgan fingerprint density at radius 3 is 2.44 bits per heavy atom. The third-order valence-electron chi connectivity index (χ3n) is 4.44. The number of nitrogens with one attached hydrogen (secondary N) is 1. The minimum Gasteiger partial charge on any atom is -0.356 e. The number of Topliss-reactive ketones (excluding diaryl/α,β-unsaturated/α-hetero) is 1. The van der Waals surface area contributed by atoms with Crippen LogP contribution < -0.4 is 5.32 Å². The zero-order valence-corrected chi connectivity index (χ0v) is 11.6. The van der Waals surface area contributed by atoms with Crippen molar-refractivity contribution in [3.8, 4) is 0 Å². The monoisotopic (exact) mass is 251 g/mol. The number of hydrogen-bond acceptors (Lipinski definition) is 2. The van der Waals surface area contributed by atoms with Crippen LogP contribution in [0.3, 0.4) is 0 Å². The summed E-state index contributed by atoms with van der Waals surface area (Å²) in [7, 11) is 0. The SMILES string of the molecule is CC(C)CCNC(=O)C1CC2CCCC(C1)C2=O. The molecule has 18 heavy (non-hydrogen) atoms. The summed E-state index contributed by atoms with van der Waals surface area (Å²) >= 11 is 0. The van der Waals surface area contributed by atoms with Crippen LogP contribution >= 0.6 is 0 Å². The van der Waals surface area contributed by atoms with Crippen molar-refractivity contribution in [2.45, 2.75) is 52.4 Å². The van der Waals surface area contributed by atoms with Crippen LogP contribution in [0.5, 0.6) is 0 Å². The molecule has 0 aromatic carbocycles. The van der Waals surface area contributed by atoms with Gasteiger partial charge in [-0.3, -0.25) is 9.59 Å². The smallest absolute Gasteiger partial charge is 0.223 e. The van der Waals surface area contributed by atoms with E-state index in [0.717, 1.165) is 38.6 Å². The molecule has 0 radical (unpaired) electrons. The Morgan fingerprint density at radius 2 is 1.89 bits per heavy atom. The van der Waals surface area contributed by atoms with Crippen LogP contribution in [0, 0.1) is 23.7 Å². The Morgan fingerprint density at radius 1 is 1.28 bits per heavy atom. The second-order valence-corrected chi connectivity index (χ2v) is 6.37. The highest BCUT2D eigenvalue weighted by Gasteiger charge is 2.40. The summed E-state index contributed by atoms with van der Waals surface area (Å²) < 4.78 is 0. The summed E-state index contributed by atoms with van der Waals surface area (Å²) in [4.78, 5) is 24.0. The molecule has 2 saturated carbocycles. The van der Waals surface area contributed by atoms with E-state index >= 15 is 0 Å². The predicted octanol–water partition coefficient (Wildman–Crippen LogP) is 2.54. The maximum absolute atomic E-state index is 12.1. The Labute approximate surface area is 110 Å². The molecule has 3 nitrogen and oxygen atoms in total. The lowest BCUT2D eigenvalue weighted by Crippen LogP contribution is -2.42. The molecule has 2 aliphatic carbocycles. The summed E-state index contributed by atoms with van der Waals surface area (Å²) in [5.74, 6) is 1.69. The van der Waals surface area contributed by atoms with E-state index in [4.69, 9.17) is 0 Å². The van der Waals surface area contributed by atoms with Gasteiger partial charge in [0.15, 0.2) is 0 Å². The highest BCUT2D eigenvalue weighted by molar-refractivity contribution is 5.88. The van der Waals surface area contributed by atoms with E-state index in [2.05, 4.69) is 19.2 Å². The lowest BCUT2D eigenvalue weighted by Gasteiger charge is -2.37. The van der Waals surface area contributed by atoms with Crippen LogP contribution in [0.2, 0.25) is 0 Å². The van der Waals surface area contributed by atoms with Gasteiger partial charge in [0.25, 0.3) is 0 Å². The molecule has 0 aromatic rings. The summed E-state index contributed by atoms with van der Waals surface area (Å²) in [5.41, 5.74) is 0. The fourth-order valence-corrected chi connectivity index (χ4v) is 3.32. The standard InChI is InChI=1S/C15H25NO2/c1-10(2)6-7-16-15(18)13-8-11-4-3-5-12(9-13)14(11)17/h10-13H,3-9H2,1-2H3,(H,16,18). The minimum absolute atomic E-state index is 0.0881. The van der Waals surface area contributed by atoms with Crippen LogP contribution in [-0.4, -0.2) is 18.2 Å². The fraction of sp³-hybridized carbons (Fsp3) is 0.867. The number of rotatable bonds is 4. The van der Waals surface area contributed by atoms with Gasteiger partial charge in [0.1, 0.15) is 5.78 Å². The number of carbonyl (C=O) groups is 2. The third-order valence-corrected chi connectivity index (χ3v) is 4.44. The molecule has 3 heteroatoms. The number of fused-ring (bicyclic) bond motifs is 2. The van der Waals surface area contributed by atoms with Crippen LogP contribution in [0.15, 0.2) is 0 Å². The Bertz CT molecular complexity index is 308. The predicted molar refractivity (Wildman–Crippen MR) is 71.0 cm³/mol. The van der Waals surface area contributed by atoms with Gasteiger partial charge in [-0.1, -0.05) is 20.3 Å². The van der Waals surface area contributed by atoms with E-state index in [1.54, 1.807) is 0 Å². The summed E-state index contributed by atoms with van der Waals surface area (Å²) in [6, 6.07) is 0. The molecule has 0 aliphatic heterocycles. The second kappa shape index (κ2) is 5.85. The van der Waals surface area contributed by atoms with Crippen molar-refractivity contribution < 1.29 is 9.59 Å². The molecule has 0 heterocycles.